The van der Waals surface area contributed by atoms with Crippen molar-refractivity contribution in [1.29, 1.82) is 0 Å². The van der Waals surface area contributed by atoms with E-state index in [2.05, 4.69) is 0 Å². The van der Waals surface area contributed by atoms with Gasteiger partial charge in [0, 0.05) is 6.54 Å². The Morgan fingerprint density at radius 1 is 1.29 bits per heavy atom. The summed E-state index contributed by atoms with van der Waals surface area (Å²) < 4.78 is 0. The van der Waals surface area contributed by atoms with Crippen molar-refractivity contribution in [3.05, 3.63) is 12.2 Å². The van der Waals surface area contributed by atoms with Crippen LogP contribution >= 0.6 is 0 Å². The van der Waals surface area contributed by atoms with Crippen LogP contribution in [0.1, 0.15) is 40.0 Å². The molecule has 0 radical (unpaired) electrons. The molecule has 0 aromatic rings. The highest BCUT2D eigenvalue weighted by Gasteiger charge is 2.30. The number of hydrogen-bond acceptors (Lipinski definition) is 2. The molecule has 17 heavy (non-hydrogen) atoms. The van der Waals surface area contributed by atoms with Crippen LogP contribution in [0, 0.1) is 5.41 Å². The van der Waals surface area contributed by atoms with Gasteiger partial charge in [0.05, 0.1) is 0 Å². The molecule has 0 aromatic heterocycles. The van der Waals surface area contributed by atoms with E-state index in [-0.39, 0.29) is 11.3 Å². The molecule has 1 heterocycles. The number of piperidine rings is 1. The predicted octanol–water partition coefficient (Wildman–Crippen LogP) is 2.05. The second kappa shape index (κ2) is 5.34. The van der Waals surface area contributed by atoms with Crippen molar-refractivity contribution in [2.45, 2.75) is 46.1 Å². The molecular formula is C13H21NO3. The fourth-order valence-corrected chi connectivity index (χ4v) is 1.87. The Kier molecular flexibility index (Phi) is 4.32. The zero-order valence-electron chi connectivity index (χ0n) is 10.8. The van der Waals surface area contributed by atoms with Gasteiger partial charge in [-0.2, -0.15) is 0 Å². The lowest BCUT2D eigenvalue weighted by Crippen LogP contribution is -2.47. The van der Waals surface area contributed by atoms with Crippen molar-refractivity contribution in [1.82, 2.24) is 4.90 Å². The number of allylic oxidation sites excluding steroid dienone is 1. The number of carbonyl (C=O) groups excluding carboxylic acids is 1. The lowest BCUT2D eigenvalue weighted by molar-refractivity contribution is -0.150. The minimum absolute atomic E-state index is 0.0653. The number of amides is 1. The van der Waals surface area contributed by atoms with Crippen molar-refractivity contribution < 1.29 is 14.7 Å². The van der Waals surface area contributed by atoms with E-state index < -0.39 is 12.0 Å². The lowest BCUT2D eigenvalue weighted by atomic mass is 9.96. The molecule has 1 N–H and O–H groups in total. The third-order valence-electron chi connectivity index (χ3n) is 2.80. The Labute approximate surface area is 102 Å². The fourth-order valence-electron chi connectivity index (χ4n) is 1.87. The smallest absolute Gasteiger partial charge is 0.326 e. The number of carbonyl (C=O) groups is 2. The van der Waals surface area contributed by atoms with E-state index >= 15 is 0 Å². The first kappa shape index (κ1) is 13.7. The van der Waals surface area contributed by atoms with E-state index in [0.717, 1.165) is 12.8 Å². The Bertz CT molecular complexity index is 328. The number of rotatable bonds is 2. The largest absolute Gasteiger partial charge is 0.480 e. The van der Waals surface area contributed by atoms with Crippen molar-refractivity contribution in [2.24, 2.45) is 5.41 Å². The van der Waals surface area contributed by atoms with Crippen molar-refractivity contribution in [3.63, 3.8) is 0 Å². The SMILES string of the molecule is CC(C)(C)C=CC(=O)N1CCCC[C@@H]1C(=O)O. The van der Waals surface area contributed by atoms with Gasteiger partial charge in [-0.25, -0.2) is 4.79 Å². The third-order valence-corrected chi connectivity index (χ3v) is 2.80. The van der Waals surface area contributed by atoms with E-state index in [1.54, 1.807) is 0 Å². The topological polar surface area (TPSA) is 57.6 Å². The van der Waals surface area contributed by atoms with E-state index in [4.69, 9.17) is 5.11 Å². The summed E-state index contributed by atoms with van der Waals surface area (Å²) in [7, 11) is 0. The molecule has 0 unspecified atom stereocenters. The molecule has 0 spiro atoms. The lowest BCUT2D eigenvalue weighted by Gasteiger charge is -2.32. The van der Waals surface area contributed by atoms with Gasteiger partial charge in [-0.1, -0.05) is 26.8 Å². The van der Waals surface area contributed by atoms with Gasteiger partial charge in [0.1, 0.15) is 6.04 Å². The zero-order chi connectivity index (χ0) is 13.1. The quantitative estimate of drug-likeness (QED) is 0.750. The van der Waals surface area contributed by atoms with Gasteiger partial charge in [0.15, 0.2) is 0 Å². The molecule has 1 amide bonds. The highest BCUT2D eigenvalue weighted by atomic mass is 16.4. The van der Waals surface area contributed by atoms with Gasteiger partial charge in [-0.05, 0) is 30.8 Å². The number of nitrogens with zero attached hydrogens (tertiary/aromatic N) is 1. The summed E-state index contributed by atoms with van der Waals surface area (Å²) in [5.41, 5.74) is -0.0653. The summed E-state index contributed by atoms with van der Waals surface area (Å²) in [5.74, 6) is -1.09. The average Bonchev–Trinajstić information content (AvgIpc) is 2.25. The normalized spacial score (nSPS) is 21.8. The molecule has 4 nitrogen and oxygen atoms in total. The first-order valence-corrected chi connectivity index (χ1v) is 6.04. The summed E-state index contributed by atoms with van der Waals surface area (Å²) in [6.07, 6.45) is 5.65. The molecule has 1 rings (SSSR count). The fraction of sp³-hybridized carbons (Fsp3) is 0.692. The molecule has 96 valence electrons. The summed E-state index contributed by atoms with van der Waals surface area (Å²) in [6, 6.07) is -0.652. The molecule has 0 saturated carbocycles. The van der Waals surface area contributed by atoms with E-state index in [1.165, 1.54) is 11.0 Å². The molecule has 0 bridgehead atoms. The van der Waals surface area contributed by atoms with Crippen LogP contribution in [0.2, 0.25) is 0 Å². The molecular weight excluding hydrogens is 218 g/mol. The van der Waals surface area contributed by atoms with E-state index in [9.17, 15) is 9.59 Å². The monoisotopic (exact) mass is 239 g/mol. The van der Waals surface area contributed by atoms with Gasteiger partial charge in [0.2, 0.25) is 5.91 Å². The predicted molar refractivity (Wildman–Crippen MR) is 65.6 cm³/mol. The Morgan fingerprint density at radius 3 is 2.47 bits per heavy atom. The maximum Gasteiger partial charge on any atom is 0.326 e. The van der Waals surface area contributed by atoms with Gasteiger partial charge in [-0.15, -0.1) is 0 Å². The van der Waals surface area contributed by atoms with Crippen molar-refractivity contribution in [2.75, 3.05) is 6.54 Å². The molecule has 1 aliphatic heterocycles. The van der Waals surface area contributed by atoms with Crippen molar-refractivity contribution >= 4 is 11.9 Å². The van der Waals surface area contributed by atoms with Crippen LogP contribution in [0.5, 0.6) is 0 Å². The molecule has 0 aromatic carbocycles. The minimum atomic E-state index is -0.901. The van der Waals surface area contributed by atoms with E-state index in [1.807, 2.05) is 26.8 Å². The van der Waals surface area contributed by atoms with Gasteiger partial charge in [-0.3, -0.25) is 4.79 Å². The number of likely N-dealkylation sites (tertiary alicyclic amines) is 1. The Hall–Kier alpha value is -1.32. The molecule has 4 heteroatoms. The molecule has 1 aliphatic rings. The first-order chi connectivity index (χ1) is 7.81. The third kappa shape index (κ3) is 4.21. The summed E-state index contributed by atoms with van der Waals surface area (Å²) >= 11 is 0. The zero-order valence-corrected chi connectivity index (χ0v) is 10.8. The second-order valence-electron chi connectivity index (χ2n) is 5.58. The van der Waals surface area contributed by atoms with Crippen LogP contribution in [0.4, 0.5) is 0 Å². The number of aliphatic carboxylic acids is 1. The van der Waals surface area contributed by atoms with Crippen LogP contribution in [-0.2, 0) is 9.59 Å². The van der Waals surface area contributed by atoms with Gasteiger partial charge >= 0.3 is 5.97 Å². The van der Waals surface area contributed by atoms with Crippen LogP contribution < -0.4 is 0 Å². The van der Waals surface area contributed by atoms with Gasteiger partial charge < -0.3 is 10.0 Å². The van der Waals surface area contributed by atoms with Gasteiger partial charge in [0.25, 0.3) is 0 Å². The highest BCUT2D eigenvalue weighted by Crippen LogP contribution is 2.19. The Morgan fingerprint density at radius 2 is 1.94 bits per heavy atom. The highest BCUT2D eigenvalue weighted by molar-refractivity contribution is 5.91. The van der Waals surface area contributed by atoms with Crippen molar-refractivity contribution in [3.8, 4) is 0 Å². The standard InChI is InChI=1S/C13H21NO3/c1-13(2,3)8-7-11(15)14-9-5-4-6-10(14)12(16)17/h7-8,10H,4-6,9H2,1-3H3,(H,16,17)/t10-/m1/s1. The molecule has 1 saturated heterocycles. The molecule has 1 atom stereocenters. The van der Waals surface area contributed by atoms with Crippen LogP contribution in [0.3, 0.4) is 0 Å². The minimum Gasteiger partial charge on any atom is -0.480 e. The summed E-state index contributed by atoms with van der Waals surface area (Å²) in [6.45, 7) is 6.55. The molecule has 1 fully saturated rings. The summed E-state index contributed by atoms with van der Waals surface area (Å²) in [4.78, 5) is 24.5. The molecule has 0 aliphatic carbocycles. The number of carboxylic acids is 1. The van der Waals surface area contributed by atoms with Crippen LogP contribution in [-0.4, -0.2) is 34.5 Å². The average molecular weight is 239 g/mol. The first-order valence-electron chi connectivity index (χ1n) is 6.04. The maximum absolute atomic E-state index is 11.9. The van der Waals surface area contributed by atoms with Crippen LogP contribution in [0.15, 0.2) is 12.2 Å². The maximum atomic E-state index is 11.9. The second-order valence-corrected chi connectivity index (χ2v) is 5.58. The van der Waals surface area contributed by atoms with E-state index in [0.29, 0.717) is 13.0 Å². The number of hydrogen-bond donors (Lipinski definition) is 1. The Balaban J connectivity index is 2.72. The number of carboxylic acid groups (broad SMARTS) is 1. The summed E-state index contributed by atoms with van der Waals surface area (Å²) in [5, 5.41) is 9.07. The van der Waals surface area contributed by atoms with Crippen LogP contribution in [0.25, 0.3) is 0 Å².